The number of aryl methyl sites for hydroxylation is 1. The fourth-order valence-corrected chi connectivity index (χ4v) is 5.01. The lowest BCUT2D eigenvalue weighted by Crippen LogP contribution is -2.54. The normalized spacial score (nSPS) is 19.1. The van der Waals surface area contributed by atoms with Crippen LogP contribution in [0.25, 0.3) is 0 Å². The number of nitrogens with one attached hydrogen (secondary N) is 1. The fourth-order valence-electron chi connectivity index (χ4n) is 4.89. The summed E-state index contributed by atoms with van der Waals surface area (Å²) < 4.78 is 0. The largest absolute Gasteiger partial charge is 0.392 e. The molecule has 2 unspecified atom stereocenters. The van der Waals surface area contributed by atoms with Crippen molar-refractivity contribution in [3.05, 3.63) is 81.5 Å². The van der Waals surface area contributed by atoms with E-state index in [-0.39, 0.29) is 12.6 Å². The summed E-state index contributed by atoms with van der Waals surface area (Å²) in [6.45, 7) is 13.4. The predicted octanol–water partition coefficient (Wildman–Crippen LogP) is 6.19. The average Bonchev–Trinajstić information content (AvgIpc) is 3.31. The minimum Gasteiger partial charge on any atom is -0.392 e. The Morgan fingerprint density at radius 3 is 2.43 bits per heavy atom. The molecule has 2 aliphatic rings. The molecule has 2 N–H and O–H groups in total. The molecule has 5 nitrogen and oxygen atoms in total. The van der Waals surface area contributed by atoms with Gasteiger partial charge in [-0.2, -0.15) is 0 Å². The number of benzene rings is 2. The number of nitrogens with zero attached hydrogens (tertiary/aromatic N) is 2. The van der Waals surface area contributed by atoms with Crippen LogP contribution >= 0.6 is 11.6 Å². The Balaban J connectivity index is 0.00000103. The van der Waals surface area contributed by atoms with Crippen LogP contribution in [0.2, 0.25) is 5.02 Å². The Bertz CT molecular complexity index is 932. The smallest absolute Gasteiger partial charge is 0.106 e. The van der Waals surface area contributed by atoms with Crippen LogP contribution < -0.4 is 5.43 Å². The third-order valence-electron chi connectivity index (χ3n) is 6.32. The van der Waals surface area contributed by atoms with E-state index in [1.165, 1.54) is 48.1 Å². The Hall–Kier alpha value is -2.18. The first-order valence-corrected chi connectivity index (χ1v) is 13.2. The summed E-state index contributed by atoms with van der Waals surface area (Å²) in [7, 11) is 0. The topological polar surface area (TPSA) is 55.8 Å². The molecule has 2 aromatic carbocycles. The highest BCUT2D eigenvalue weighted by Gasteiger charge is 2.35. The molecule has 192 valence electrons. The first kappa shape index (κ1) is 29.1. The number of carbonyl (C=O) groups is 1. The van der Waals surface area contributed by atoms with Gasteiger partial charge in [-0.25, -0.2) is 5.43 Å². The molecule has 35 heavy (non-hydrogen) atoms. The van der Waals surface area contributed by atoms with E-state index >= 15 is 0 Å². The van der Waals surface area contributed by atoms with Gasteiger partial charge in [0, 0.05) is 30.4 Å². The number of halogens is 1. The maximum absolute atomic E-state index is 9.59. The van der Waals surface area contributed by atoms with Crippen molar-refractivity contribution in [2.75, 3.05) is 13.1 Å². The first-order chi connectivity index (χ1) is 17.1. The Kier molecular flexibility index (Phi) is 12.5. The molecule has 1 saturated heterocycles. The fraction of sp³-hybridized carbons (Fsp3) is 0.483. The van der Waals surface area contributed by atoms with Gasteiger partial charge in [0.1, 0.15) is 6.79 Å². The van der Waals surface area contributed by atoms with Gasteiger partial charge in [0.25, 0.3) is 0 Å². The molecular weight excluding hydrogens is 458 g/mol. The van der Waals surface area contributed by atoms with E-state index in [2.05, 4.69) is 65.6 Å². The SMILES string of the molecule is C=O.CC.CCCCCC1CN(Cc2cc(C)cc(CO)c2)CC2=CC(c3ccc(Cl)cc3)NN21. The highest BCUT2D eigenvalue weighted by Crippen LogP contribution is 2.32. The molecule has 4 rings (SSSR count). The molecule has 0 radical (unpaired) electrons. The lowest BCUT2D eigenvalue weighted by atomic mass is 10.0. The highest BCUT2D eigenvalue weighted by molar-refractivity contribution is 6.30. The zero-order valence-electron chi connectivity index (χ0n) is 21.8. The summed E-state index contributed by atoms with van der Waals surface area (Å²) in [6, 6.07) is 15.3. The van der Waals surface area contributed by atoms with Crippen LogP contribution in [-0.4, -0.2) is 40.9 Å². The lowest BCUT2D eigenvalue weighted by Gasteiger charge is -2.42. The van der Waals surface area contributed by atoms with Gasteiger partial charge < -0.3 is 14.9 Å². The highest BCUT2D eigenvalue weighted by atomic mass is 35.5. The second-order valence-corrected chi connectivity index (χ2v) is 9.43. The summed E-state index contributed by atoms with van der Waals surface area (Å²) in [4.78, 5) is 10.6. The number of fused-ring (bicyclic) bond motifs is 1. The summed E-state index contributed by atoms with van der Waals surface area (Å²) in [5, 5.41) is 12.8. The Morgan fingerprint density at radius 1 is 1.09 bits per heavy atom. The second-order valence-electron chi connectivity index (χ2n) is 8.99. The van der Waals surface area contributed by atoms with Gasteiger partial charge in [-0.3, -0.25) is 4.90 Å². The van der Waals surface area contributed by atoms with Gasteiger partial charge in [-0.05, 0) is 48.2 Å². The average molecular weight is 500 g/mol. The third kappa shape index (κ3) is 8.18. The molecular formula is C29H42ClN3O2. The number of aliphatic hydroxyl groups excluding tert-OH is 1. The van der Waals surface area contributed by atoms with Gasteiger partial charge in [-0.15, -0.1) is 0 Å². The van der Waals surface area contributed by atoms with Crippen molar-refractivity contribution in [3.8, 4) is 0 Å². The van der Waals surface area contributed by atoms with Crippen molar-refractivity contribution in [3.63, 3.8) is 0 Å². The maximum atomic E-state index is 9.59. The van der Waals surface area contributed by atoms with E-state index < -0.39 is 0 Å². The van der Waals surface area contributed by atoms with Crippen LogP contribution in [0.15, 0.2) is 54.2 Å². The minimum atomic E-state index is 0.0972. The minimum absolute atomic E-state index is 0.0972. The van der Waals surface area contributed by atoms with Crippen LogP contribution in [0.5, 0.6) is 0 Å². The predicted molar refractivity (Wildman–Crippen MR) is 146 cm³/mol. The number of aliphatic hydroxyl groups is 1. The monoisotopic (exact) mass is 499 g/mol. The number of carbonyl (C=O) groups excluding carboxylic acids is 1. The van der Waals surface area contributed by atoms with Gasteiger partial charge in [-0.1, -0.05) is 87.5 Å². The standard InChI is InChI=1S/C26H34ClN3O.C2H6.CH2O/c1-3-4-5-6-24-16-29(15-20-11-19(2)12-21(13-20)18-31)17-25-14-26(28-30(24)25)22-7-9-23(27)10-8-22;2*1-2/h7-14,24,26,28,31H,3-6,15-18H2,1-2H3;1-2H3;1H2. The van der Waals surface area contributed by atoms with E-state index in [1.807, 2.05) is 32.8 Å². The van der Waals surface area contributed by atoms with Crippen LogP contribution in [0.1, 0.15) is 74.8 Å². The van der Waals surface area contributed by atoms with Crippen molar-refractivity contribution in [1.82, 2.24) is 15.3 Å². The number of rotatable bonds is 8. The van der Waals surface area contributed by atoms with Crippen molar-refractivity contribution in [2.24, 2.45) is 0 Å². The van der Waals surface area contributed by atoms with E-state index in [9.17, 15) is 5.11 Å². The number of hydrogen-bond donors (Lipinski definition) is 2. The number of hydrazine groups is 1. The number of piperazine rings is 1. The van der Waals surface area contributed by atoms with Crippen molar-refractivity contribution in [2.45, 2.75) is 78.6 Å². The van der Waals surface area contributed by atoms with E-state index in [4.69, 9.17) is 16.4 Å². The molecule has 2 atom stereocenters. The molecule has 0 bridgehead atoms. The first-order valence-electron chi connectivity index (χ1n) is 12.8. The molecule has 1 fully saturated rings. The van der Waals surface area contributed by atoms with Crippen molar-refractivity contribution < 1.29 is 9.90 Å². The quantitative estimate of drug-likeness (QED) is 0.424. The maximum Gasteiger partial charge on any atom is 0.106 e. The molecule has 0 spiro atoms. The third-order valence-corrected chi connectivity index (χ3v) is 6.57. The molecule has 6 heteroatoms. The summed E-state index contributed by atoms with van der Waals surface area (Å²) in [5.41, 5.74) is 9.86. The van der Waals surface area contributed by atoms with Crippen LogP contribution in [0.4, 0.5) is 0 Å². The van der Waals surface area contributed by atoms with E-state index in [1.54, 1.807) is 0 Å². The molecule has 2 heterocycles. The number of hydrogen-bond acceptors (Lipinski definition) is 5. The van der Waals surface area contributed by atoms with E-state index in [0.717, 1.165) is 30.2 Å². The molecule has 0 amide bonds. The Morgan fingerprint density at radius 2 is 1.77 bits per heavy atom. The molecule has 0 aromatic heterocycles. The zero-order chi connectivity index (χ0) is 25.8. The van der Waals surface area contributed by atoms with Crippen LogP contribution in [-0.2, 0) is 17.9 Å². The molecule has 0 saturated carbocycles. The van der Waals surface area contributed by atoms with Crippen molar-refractivity contribution >= 4 is 18.4 Å². The summed E-state index contributed by atoms with van der Waals surface area (Å²) in [6.07, 6.45) is 7.34. The zero-order valence-corrected chi connectivity index (χ0v) is 22.5. The van der Waals surface area contributed by atoms with Crippen LogP contribution in [0, 0.1) is 6.92 Å². The van der Waals surface area contributed by atoms with Gasteiger partial charge >= 0.3 is 0 Å². The lowest BCUT2D eigenvalue weighted by molar-refractivity contribution is -0.0979. The summed E-state index contributed by atoms with van der Waals surface area (Å²) in [5.74, 6) is 0. The van der Waals surface area contributed by atoms with E-state index in [0.29, 0.717) is 6.04 Å². The molecule has 2 aromatic rings. The Labute approximate surface area is 216 Å². The van der Waals surface area contributed by atoms with Gasteiger partial charge in [0.05, 0.1) is 18.7 Å². The van der Waals surface area contributed by atoms with Crippen LogP contribution in [0.3, 0.4) is 0 Å². The summed E-state index contributed by atoms with van der Waals surface area (Å²) >= 11 is 6.09. The molecule has 0 aliphatic carbocycles. The number of unbranched alkanes of at least 4 members (excludes halogenated alkanes) is 2. The second kappa shape index (κ2) is 15.0. The van der Waals surface area contributed by atoms with Gasteiger partial charge in [0.2, 0.25) is 0 Å². The van der Waals surface area contributed by atoms with Gasteiger partial charge in [0.15, 0.2) is 0 Å². The molecule has 2 aliphatic heterocycles. The van der Waals surface area contributed by atoms with Crippen molar-refractivity contribution in [1.29, 1.82) is 0 Å².